The van der Waals surface area contributed by atoms with E-state index in [0.717, 1.165) is 12.3 Å². The van der Waals surface area contributed by atoms with Crippen LogP contribution in [0.5, 0.6) is 5.75 Å². The zero-order valence-electron chi connectivity index (χ0n) is 11.1. The predicted molar refractivity (Wildman–Crippen MR) is 67.0 cm³/mol. The second-order valence-electron chi connectivity index (χ2n) is 3.80. The Morgan fingerprint density at radius 1 is 1.30 bits per heavy atom. The van der Waals surface area contributed by atoms with E-state index in [2.05, 4.69) is 4.74 Å². The number of carbonyl (C=O) groups is 2. The van der Waals surface area contributed by atoms with Crippen LogP contribution in [0.4, 0.5) is 4.39 Å². The van der Waals surface area contributed by atoms with Crippen molar-refractivity contribution in [3.05, 3.63) is 23.5 Å². The maximum Gasteiger partial charge on any atom is 0.379 e. The summed E-state index contributed by atoms with van der Waals surface area (Å²) in [6, 6.07) is 1.51. The maximum absolute atomic E-state index is 13.7. The van der Waals surface area contributed by atoms with Gasteiger partial charge >= 0.3 is 5.97 Å². The molecule has 0 N–H and O–H groups in total. The Morgan fingerprint density at radius 2 is 1.90 bits per heavy atom. The minimum absolute atomic E-state index is 0.0171. The quantitative estimate of drug-likeness (QED) is 0.458. The number of sulfone groups is 1. The normalized spacial score (nSPS) is 11.0. The highest BCUT2D eigenvalue weighted by molar-refractivity contribution is 7.90. The number of benzene rings is 1. The fourth-order valence-electron chi connectivity index (χ4n) is 1.47. The first-order valence-corrected chi connectivity index (χ1v) is 7.40. The molecular weight excluding hydrogens is 291 g/mol. The molecule has 0 bridgehead atoms. The lowest BCUT2D eigenvalue weighted by atomic mass is 10.1. The zero-order valence-corrected chi connectivity index (χ0v) is 11.9. The molecule has 0 heterocycles. The molecule has 0 aliphatic carbocycles. The first-order chi connectivity index (χ1) is 9.22. The molecule has 0 aromatic heterocycles. The van der Waals surface area contributed by atoms with Gasteiger partial charge in [0.05, 0.1) is 19.3 Å². The summed E-state index contributed by atoms with van der Waals surface area (Å²) in [7, 11) is -2.65. The van der Waals surface area contributed by atoms with Crippen LogP contribution in [-0.2, 0) is 19.4 Å². The van der Waals surface area contributed by atoms with Crippen molar-refractivity contribution in [3.8, 4) is 5.75 Å². The maximum atomic E-state index is 13.7. The molecule has 0 spiro atoms. The topological polar surface area (TPSA) is 86.7 Å². The second kappa shape index (κ2) is 6.00. The minimum atomic E-state index is -3.82. The van der Waals surface area contributed by atoms with Crippen molar-refractivity contribution in [1.29, 1.82) is 0 Å². The second-order valence-corrected chi connectivity index (χ2v) is 5.79. The smallest absolute Gasteiger partial charge is 0.379 e. The van der Waals surface area contributed by atoms with Gasteiger partial charge in [0.15, 0.2) is 9.84 Å². The number of carbonyl (C=O) groups excluding carboxylic acids is 2. The van der Waals surface area contributed by atoms with Crippen LogP contribution in [0, 0.1) is 5.82 Å². The molecule has 1 rings (SSSR count). The SMILES string of the molecule is CCOC(=O)C(=O)c1cc(F)c(S(C)(=O)=O)cc1OC. The molecule has 1 aromatic rings. The Hall–Kier alpha value is -1.96. The van der Waals surface area contributed by atoms with E-state index < -0.39 is 37.9 Å². The number of hydrogen-bond acceptors (Lipinski definition) is 6. The van der Waals surface area contributed by atoms with Crippen molar-refractivity contribution < 1.29 is 31.9 Å². The lowest BCUT2D eigenvalue weighted by Gasteiger charge is -2.10. The molecule has 8 heteroatoms. The van der Waals surface area contributed by atoms with Gasteiger partial charge in [0.25, 0.3) is 5.78 Å². The predicted octanol–water partition coefficient (Wildman–Crippen LogP) is 0.984. The average molecular weight is 304 g/mol. The average Bonchev–Trinajstić information content (AvgIpc) is 2.36. The lowest BCUT2D eigenvalue weighted by molar-refractivity contribution is -0.137. The number of hydrogen-bond donors (Lipinski definition) is 0. The monoisotopic (exact) mass is 304 g/mol. The summed E-state index contributed by atoms with van der Waals surface area (Å²) in [5.41, 5.74) is -0.393. The van der Waals surface area contributed by atoms with Gasteiger partial charge in [0.2, 0.25) is 0 Å². The van der Waals surface area contributed by atoms with Gasteiger partial charge < -0.3 is 9.47 Å². The van der Waals surface area contributed by atoms with Crippen LogP contribution >= 0.6 is 0 Å². The number of ketones is 1. The number of esters is 1. The van der Waals surface area contributed by atoms with Crippen LogP contribution in [0.1, 0.15) is 17.3 Å². The molecule has 20 heavy (non-hydrogen) atoms. The molecule has 0 fully saturated rings. The number of methoxy groups -OCH3 is 1. The van der Waals surface area contributed by atoms with Crippen LogP contribution in [0.3, 0.4) is 0 Å². The van der Waals surface area contributed by atoms with Crippen molar-refractivity contribution in [2.24, 2.45) is 0 Å². The fourth-order valence-corrected chi connectivity index (χ4v) is 2.21. The highest BCUT2D eigenvalue weighted by Gasteiger charge is 2.26. The van der Waals surface area contributed by atoms with Gasteiger partial charge in [0.1, 0.15) is 16.5 Å². The van der Waals surface area contributed by atoms with E-state index in [4.69, 9.17) is 4.74 Å². The highest BCUT2D eigenvalue weighted by atomic mass is 32.2. The largest absolute Gasteiger partial charge is 0.496 e. The van der Waals surface area contributed by atoms with E-state index in [-0.39, 0.29) is 12.4 Å². The van der Waals surface area contributed by atoms with Crippen LogP contribution in [0.2, 0.25) is 0 Å². The molecule has 0 saturated heterocycles. The summed E-state index contributed by atoms with van der Waals surface area (Å²) in [6.07, 6.45) is 0.817. The van der Waals surface area contributed by atoms with E-state index in [1.807, 2.05) is 0 Å². The van der Waals surface area contributed by atoms with Gasteiger partial charge in [-0.25, -0.2) is 17.6 Å². The Labute approximate surface area is 115 Å². The molecule has 110 valence electrons. The Morgan fingerprint density at radius 3 is 2.35 bits per heavy atom. The third-order valence-corrected chi connectivity index (χ3v) is 3.47. The van der Waals surface area contributed by atoms with Gasteiger partial charge in [-0.3, -0.25) is 4.79 Å². The first kappa shape index (κ1) is 16.1. The van der Waals surface area contributed by atoms with Gasteiger partial charge in [0, 0.05) is 12.3 Å². The van der Waals surface area contributed by atoms with E-state index in [9.17, 15) is 22.4 Å². The van der Waals surface area contributed by atoms with Crippen molar-refractivity contribution in [2.75, 3.05) is 20.0 Å². The summed E-state index contributed by atoms with van der Waals surface area (Å²) in [5, 5.41) is 0. The third kappa shape index (κ3) is 3.32. The molecule has 0 unspecified atom stereocenters. The van der Waals surface area contributed by atoms with Crippen LogP contribution in [0.15, 0.2) is 17.0 Å². The van der Waals surface area contributed by atoms with Crippen molar-refractivity contribution in [2.45, 2.75) is 11.8 Å². The van der Waals surface area contributed by atoms with E-state index in [0.29, 0.717) is 6.07 Å². The molecule has 0 amide bonds. The van der Waals surface area contributed by atoms with Crippen molar-refractivity contribution in [1.82, 2.24) is 0 Å². The molecular formula is C12H13FO6S. The van der Waals surface area contributed by atoms with Crippen LogP contribution < -0.4 is 4.74 Å². The number of ether oxygens (including phenoxy) is 2. The number of Topliss-reactive ketones (excluding diaryl/α,β-unsaturated/α-hetero) is 1. The highest BCUT2D eigenvalue weighted by Crippen LogP contribution is 2.26. The zero-order chi connectivity index (χ0) is 15.5. The summed E-state index contributed by atoms with van der Waals surface area (Å²) in [6.45, 7) is 1.49. The van der Waals surface area contributed by atoms with Crippen LogP contribution in [0.25, 0.3) is 0 Å². The van der Waals surface area contributed by atoms with Crippen molar-refractivity contribution >= 4 is 21.6 Å². The standard InChI is InChI=1S/C12H13FO6S/c1-4-19-12(15)11(14)7-5-8(13)10(20(3,16)17)6-9(7)18-2/h5-6H,4H2,1-3H3. The van der Waals surface area contributed by atoms with Gasteiger partial charge in [-0.15, -0.1) is 0 Å². The van der Waals surface area contributed by atoms with Gasteiger partial charge in [-0.1, -0.05) is 0 Å². The molecule has 0 atom stereocenters. The van der Waals surface area contributed by atoms with E-state index >= 15 is 0 Å². The molecule has 0 aliphatic rings. The summed E-state index contributed by atoms with van der Waals surface area (Å²) in [4.78, 5) is 22.5. The van der Waals surface area contributed by atoms with Gasteiger partial charge in [-0.2, -0.15) is 0 Å². The lowest BCUT2D eigenvalue weighted by Crippen LogP contribution is -2.19. The molecule has 0 saturated carbocycles. The minimum Gasteiger partial charge on any atom is -0.496 e. The Kier molecular flexibility index (Phi) is 4.83. The van der Waals surface area contributed by atoms with Crippen LogP contribution in [-0.4, -0.2) is 40.1 Å². The third-order valence-electron chi connectivity index (χ3n) is 2.36. The van der Waals surface area contributed by atoms with E-state index in [1.165, 1.54) is 14.0 Å². The Bertz CT molecular complexity index is 650. The van der Waals surface area contributed by atoms with Crippen molar-refractivity contribution in [3.63, 3.8) is 0 Å². The summed E-state index contributed by atoms with van der Waals surface area (Å²) in [5.74, 6) is -3.63. The number of rotatable bonds is 5. The molecule has 1 aromatic carbocycles. The van der Waals surface area contributed by atoms with Gasteiger partial charge in [-0.05, 0) is 13.0 Å². The molecule has 0 radical (unpaired) electrons. The Balaban J connectivity index is 3.40. The number of halogens is 1. The fraction of sp³-hybridized carbons (Fsp3) is 0.333. The summed E-state index contributed by atoms with van der Waals surface area (Å²) >= 11 is 0. The molecule has 6 nitrogen and oxygen atoms in total. The summed E-state index contributed by atoms with van der Waals surface area (Å²) < 4.78 is 45.8. The van der Waals surface area contributed by atoms with E-state index in [1.54, 1.807) is 0 Å². The first-order valence-electron chi connectivity index (χ1n) is 5.51. The molecule has 0 aliphatic heterocycles.